The van der Waals surface area contributed by atoms with Gasteiger partial charge in [-0.2, -0.15) is 0 Å². The van der Waals surface area contributed by atoms with Crippen LogP contribution in [0.3, 0.4) is 0 Å². The molecule has 1 aromatic heterocycles. The molecule has 2 N–H and O–H groups in total. The zero-order valence-electron chi connectivity index (χ0n) is 12.7. The molecular formula is C14H18N4O4. The fourth-order valence-electron chi connectivity index (χ4n) is 2.08. The van der Waals surface area contributed by atoms with E-state index in [1.54, 1.807) is 32.4 Å². The number of rotatable bonds is 6. The molecule has 0 unspecified atom stereocenters. The van der Waals surface area contributed by atoms with Crippen LogP contribution in [0.25, 0.3) is 11.3 Å². The maximum absolute atomic E-state index is 11.6. The van der Waals surface area contributed by atoms with Crippen molar-refractivity contribution in [1.29, 1.82) is 0 Å². The number of likely N-dealkylation sites (N-methyl/N-ethyl adjacent to an activating group) is 1. The monoisotopic (exact) mass is 306 g/mol. The van der Waals surface area contributed by atoms with E-state index in [0.29, 0.717) is 22.9 Å². The third-order valence-corrected chi connectivity index (χ3v) is 3.18. The minimum absolute atomic E-state index is 0.00712. The van der Waals surface area contributed by atoms with Crippen LogP contribution >= 0.6 is 0 Å². The molecule has 0 aliphatic heterocycles. The second-order valence-corrected chi connectivity index (χ2v) is 4.44. The summed E-state index contributed by atoms with van der Waals surface area (Å²) in [7, 11) is 4.63. The first-order chi connectivity index (χ1) is 10.6. The molecule has 118 valence electrons. The summed E-state index contributed by atoms with van der Waals surface area (Å²) in [6, 6.07) is 5.28. The van der Waals surface area contributed by atoms with Crippen molar-refractivity contribution in [3.05, 3.63) is 23.9 Å². The van der Waals surface area contributed by atoms with Crippen molar-refractivity contribution in [3.63, 3.8) is 0 Å². The van der Waals surface area contributed by atoms with Crippen molar-refractivity contribution in [2.75, 3.05) is 21.3 Å². The van der Waals surface area contributed by atoms with Crippen molar-refractivity contribution >= 4 is 5.91 Å². The molecule has 1 amide bonds. The van der Waals surface area contributed by atoms with Crippen molar-refractivity contribution in [2.24, 2.45) is 0 Å². The van der Waals surface area contributed by atoms with Gasteiger partial charge in [0.05, 0.1) is 26.5 Å². The molecule has 0 saturated heterocycles. The Hall–Kier alpha value is -2.61. The Kier molecular flexibility index (Phi) is 4.95. The average molecular weight is 306 g/mol. The molecule has 0 radical (unpaired) electrons. The molecule has 1 aromatic carbocycles. The summed E-state index contributed by atoms with van der Waals surface area (Å²) in [5, 5.41) is 19.8. The molecule has 0 spiro atoms. The summed E-state index contributed by atoms with van der Waals surface area (Å²) >= 11 is 0. The lowest BCUT2D eigenvalue weighted by Gasteiger charge is -2.11. The zero-order chi connectivity index (χ0) is 16.1. The van der Waals surface area contributed by atoms with E-state index < -0.39 is 0 Å². The SMILES string of the molecule is CNC(=O)Cn1nnc(CO)c1-c1ccc(OC)c(OC)c1. The summed E-state index contributed by atoms with van der Waals surface area (Å²) in [6.07, 6.45) is 0. The van der Waals surface area contributed by atoms with Crippen LogP contribution in [0, 0.1) is 0 Å². The molecule has 2 rings (SSSR count). The first-order valence-electron chi connectivity index (χ1n) is 6.60. The van der Waals surface area contributed by atoms with Crippen molar-refractivity contribution in [2.45, 2.75) is 13.2 Å². The highest BCUT2D eigenvalue weighted by atomic mass is 16.5. The summed E-state index contributed by atoms with van der Waals surface area (Å²) in [5.41, 5.74) is 1.67. The molecule has 22 heavy (non-hydrogen) atoms. The number of benzene rings is 1. The lowest BCUT2D eigenvalue weighted by Crippen LogP contribution is -2.24. The number of hydrogen-bond donors (Lipinski definition) is 2. The molecule has 8 nitrogen and oxygen atoms in total. The van der Waals surface area contributed by atoms with E-state index in [2.05, 4.69) is 15.6 Å². The smallest absolute Gasteiger partial charge is 0.241 e. The van der Waals surface area contributed by atoms with Gasteiger partial charge in [-0.05, 0) is 18.2 Å². The van der Waals surface area contributed by atoms with Crippen molar-refractivity contribution in [1.82, 2.24) is 20.3 Å². The number of amides is 1. The molecule has 2 aromatic rings. The van der Waals surface area contributed by atoms with Crippen LogP contribution < -0.4 is 14.8 Å². The Morgan fingerprint density at radius 1 is 1.32 bits per heavy atom. The van der Waals surface area contributed by atoms with Gasteiger partial charge in [-0.1, -0.05) is 5.21 Å². The maximum Gasteiger partial charge on any atom is 0.241 e. The van der Waals surface area contributed by atoms with Crippen LogP contribution in [0.4, 0.5) is 0 Å². The number of methoxy groups -OCH3 is 2. The molecule has 0 aliphatic rings. The fourth-order valence-corrected chi connectivity index (χ4v) is 2.08. The number of nitrogens with zero attached hydrogens (tertiary/aromatic N) is 3. The average Bonchev–Trinajstić information content (AvgIpc) is 2.96. The molecular weight excluding hydrogens is 288 g/mol. The second kappa shape index (κ2) is 6.90. The normalized spacial score (nSPS) is 10.4. The maximum atomic E-state index is 11.6. The number of nitrogens with one attached hydrogen (secondary N) is 1. The topological polar surface area (TPSA) is 98.5 Å². The van der Waals surface area contributed by atoms with Gasteiger partial charge in [0.15, 0.2) is 11.5 Å². The van der Waals surface area contributed by atoms with E-state index in [1.165, 1.54) is 11.8 Å². The predicted molar refractivity (Wildman–Crippen MR) is 78.6 cm³/mol. The third kappa shape index (κ3) is 3.01. The van der Waals surface area contributed by atoms with Crippen molar-refractivity contribution < 1.29 is 19.4 Å². The van der Waals surface area contributed by atoms with Gasteiger partial charge in [0.1, 0.15) is 12.2 Å². The van der Waals surface area contributed by atoms with E-state index in [1.807, 2.05) is 0 Å². The highest BCUT2D eigenvalue weighted by Gasteiger charge is 2.18. The Morgan fingerprint density at radius 2 is 2.05 bits per heavy atom. The standard InChI is InChI=1S/C14H18N4O4/c1-15-13(20)7-18-14(10(8-19)16-17-18)9-4-5-11(21-2)12(6-9)22-3/h4-6,19H,7-8H2,1-3H3,(H,15,20). The van der Waals surface area contributed by atoms with Gasteiger partial charge < -0.3 is 19.9 Å². The lowest BCUT2D eigenvalue weighted by molar-refractivity contribution is -0.121. The van der Waals surface area contributed by atoms with E-state index >= 15 is 0 Å². The molecule has 0 aliphatic carbocycles. The minimum Gasteiger partial charge on any atom is -0.493 e. The number of aromatic nitrogens is 3. The van der Waals surface area contributed by atoms with E-state index in [4.69, 9.17) is 9.47 Å². The number of carbonyl (C=O) groups is 1. The fraction of sp³-hybridized carbons (Fsp3) is 0.357. The Bertz CT molecular complexity index is 669. The summed E-state index contributed by atoms with van der Waals surface area (Å²) in [6.45, 7) is -0.273. The summed E-state index contributed by atoms with van der Waals surface area (Å²) in [5.74, 6) is 0.912. The van der Waals surface area contributed by atoms with Gasteiger partial charge in [0.2, 0.25) is 5.91 Å². The molecule has 0 saturated carbocycles. The number of carbonyl (C=O) groups excluding carboxylic acids is 1. The Balaban J connectivity index is 2.50. The Labute approximate surface area is 127 Å². The predicted octanol–water partition coefficient (Wildman–Crippen LogP) is 0.201. The third-order valence-electron chi connectivity index (χ3n) is 3.18. The second-order valence-electron chi connectivity index (χ2n) is 4.44. The van der Waals surface area contributed by atoms with E-state index in [9.17, 15) is 9.90 Å². The number of ether oxygens (including phenoxy) is 2. The van der Waals surface area contributed by atoms with Gasteiger partial charge in [-0.25, -0.2) is 4.68 Å². The lowest BCUT2D eigenvalue weighted by atomic mass is 10.1. The van der Waals surface area contributed by atoms with Crippen LogP contribution in [-0.2, 0) is 17.9 Å². The van der Waals surface area contributed by atoms with Crippen LogP contribution in [0.5, 0.6) is 11.5 Å². The zero-order valence-corrected chi connectivity index (χ0v) is 12.7. The number of aliphatic hydroxyl groups excluding tert-OH is 1. The van der Waals surface area contributed by atoms with Gasteiger partial charge in [0, 0.05) is 12.6 Å². The quantitative estimate of drug-likeness (QED) is 0.791. The summed E-state index contributed by atoms with van der Waals surface area (Å²) < 4.78 is 11.9. The van der Waals surface area contributed by atoms with Gasteiger partial charge >= 0.3 is 0 Å². The Morgan fingerprint density at radius 3 is 2.64 bits per heavy atom. The van der Waals surface area contributed by atoms with Crippen LogP contribution in [0.2, 0.25) is 0 Å². The van der Waals surface area contributed by atoms with Gasteiger partial charge in [0.25, 0.3) is 0 Å². The molecule has 1 heterocycles. The number of aliphatic hydroxyl groups is 1. The highest BCUT2D eigenvalue weighted by Crippen LogP contribution is 2.33. The largest absolute Gasteiger partial charge is 0.493 e. The van der Waals surface area contributed by atoms with Crippen LogP contribution in [0.15, 0.2) is 18.2 Å². The van der Waals surface area contributed by atoms with Crippen molar-refractivity contribution in [3.8, 4) is 22.8 Å². The van der Waals surface area contributed by atoms with E-state index in [0.717, 1.165) is 5.56 Å². The van der Waals surface area contributed by atoms with Gasteiger partial charge in [-0.15, -0.1) is 5.10 Å². The van der Waals surface area contributed by atoms with Crippen LogP contribution in [0.1, 0.15) is 5.69 Å². The van der Waals surface area contributed by atoms with Gasteiger partial charge in [-0.3, -0.25) is 4.79 Å². The van der Waals surface area contributed by atoms with Crippen LogP contribution in [-0.4, -0.2) is 47.3 Å². The summed E-state index contributed by atoms with van der Waals surface area (Å²) in [4.78, 5) is 11.6. The molecule has 0 bridgehead atoms. The molecule has 0 atom stereocenters. The van der Waals surface area contributed by atoms with E-state index in [-0.39, 0.29) is 19.1 Å². The number of hydrogen-bond acceptors (Lipinski definition) is 6. The first kappa shape index (κ1) is 15.8. The molecule has 8 heteroatoms. The highest BCUT2D eigenvalue weighted by molar-refractivity contribution is 5.76. The molecule has 0 fully saturated rings. The minimum atomic E-state index is -0.280. The first-order valence-corrected chi connectivity index (χ1v) is 6.60.